The second-order valence-corrected chi connectivity index (χ2v) is 7.42. The highest BCUT2D eigenvalue weighted by atomic mass is 28.2. The summed E-state index contributed by atoms with van der Waals surface area (Å²) in [6.07, 6.45) is 1.96. The number of carbonyl (C=O) groups excluding carboxylic acids is 1. The molecular formula is C20H22O3Si. The third-order valence-corrected chi connectivity index (χ3v) is 4.72. The van der Waals surface area contributed by atoms with E-state index in [9.17, 15) is 0 Å². The minimum atomic E-state index is -0.551. The summed E-state index contributed by atoms with van der Waals surface area (Å²) >= 11 is 0. The van der Waals surface area contributed by atoms with Crippen LogP contribution >= 0.6 is 0 Å². The molecule has 0 aromatic heterocycles. The van der Waals surface area contributed by atoms with Crippen LogP contribution in [0.25, 0.3) is 5.76 Å². The topological polar surface area (TPSA) is 29.8 Å². The van der Waals surface area contributed by atoms with Crippen LogP contribution in [0.15, 0.2) is 54.6 Å². The number of allylic oxidation sites excluding steroid dienone is 1. The zero-order chi connectivity index (χ0) is 17.2. The molecule has 2 aromatic rings. The van der Waals surface area contributed by atoms with Gasteiger partial charge in [0, 0.05) is 5.56 Å². The van der Waals surface area contributed by atoms with Crippen LogP contribution in [-0.4, -0.2) is 22.9 Å². The van der Waals surface area contributed by atoms with Crippen LogP contribution in [0.1, 0.15) is 41.6 Å². The standard InChI is InChI=1S/C20H22O3Si/c1-20(2,3)16-9-5-14(6-10-16)18-13-19(23-24-22-18)15-7-11-17(21-4)12-8-15/h5-13,24H,1-4H3. The summed E-state index contributed by atoms with van der Waals surface area (Å²) < 4.78 is 16.7. The summed E-state index contributed by atoms with van der Waals surface area (Å²) in [7, 11) is 1.11. The van der Waals surface area contributed by atoms with E-state index in [0.717, 1.165) is 28.4 Å². The molecule has 4 heteroatoms. The number of ether oxygens (including phenoxy) is 1. The molecule has 0 aliphatic carbocycles. The monoisotopic (exact) mass is 338 g/mol. The first-order valence-electron chi connectivity index (χ1n) is 7.96. The summed E-state index contributed by atoms with van der Waals surface area (Å²) in [5, 5.41) is 0. The van der Waals surface area contributed by atoms with Crippen LogP contribution in [0.4, 0.5) is 0 Å². The first-order chi connectivity index (χ1) is 11.5. The first kappa shape index (κ1) is 16.5. The maximum absolute atomic E-state index is 5.76. The second kappa shape index (κ2) is 6.65. The molecule has 3 rings (SSSR count). The van der Waals surface area contributed by atoms with Crippen LogP contribution in [0.5, 0.6) is 5.75 Å². The van der Waals surface area contributed by atoms with E-state index in [0.29, 0.717) is 0 Å². The van der Waals surface area contributed by atoms with Gasteiger partial charge in [0.1, 0.15) is 5.75 Å². The minimum Gasteiger partial charge on any atom is -0.618 e. The summed E-state index contributed by atoms with van der Waals surface area (Å²) in [4.78, 5) is 0. The van der Waals surface area contributed by atoms with Gasteiger partial charge in [-0.2, -0.15) is 0 Å². The number of rotatable bonds is 3. The summed E-state index contributed by atoms with van der Waals surface area (Å²) in [6, 6.07) is 16.4. The molecule has 0 saturated carbocycles. The lowest BCUT2D eigenvalue weighted by atomic mass is 9.86. The van der Waals surface area contributed by atoms with Crippen molar-refractivity contribution in [3.8, 4) is 5.75 Å². The summed E-state index contributed by atoms with van der Waals surface area (Å²) in [5.74, 6) is 2.54. The van der Waals surface area contributed by atoms with Gasteiger partial charge in [-0.3, -0.25) is 0 Å². The smallest absolute Gasteiger partial charge is 0.440 e. The Labute approximate surface area is 145 Å². The predicted molar refractivity (Wildman–Crippen MR) is 98.7 cm³/mol. The van der Waals surface area contributed by atoms with Crippen molar-refractivity contribution in [2.24, 2.45) is 0 Å². The molecule has 0 bridgehead atoms. The number of benzene rings is 2. The molecule has 0 saturated heterocycles. The lowest BCUT2D eigenvalue weighted by molar-refractivity contribution is -0.101. The Hall–Kier alpha value is -2.33. The van der Waals surface area contributed by atoms with Gasteiger partial charge in [0.2, 0.25) is 0 Å². The van der Waals surface area contributed by atoms with Gasteiger partial charge >= 0.3 is 10.0 Å². The quantitative estimate of drug-likeness (QED) is 0.624. The van der Waals surface area contributed by atoms with Crippen molar-refractivity contribution in [1.29, 1.82) is 0 Å². The molecule has 1 heterocycles. The van der Waals surface area contributed by atoms with E-state index in [-0.39, 0.29) is 5.41 Å². The van der Waals surface area contributed by atoms with Gasteiger partial charge < -0.3 is 13.3 Å². The molecule has 24 heavy (non-hydrogen) atoms. The van der Waals surface area contributed by atoms with E-state index in [1.807, 2.05) is 30.3 Å². The fourth-order valence-corrected chi connectivity index (χ4v) is 3.17. The Kier molecular flexibility index (Phi) is 4.58. The van der Waals surface area contributed by atoms with Crippen molar-refractivity contribution in [3.05, 3.63) is 71.3 Å². The molecule has 124 valence electrons. The van der Waals surface area contributed by atoms with E-state index < -0.39 is 10.0 Å². The molecule has 0 radical (unpaired) electrons. The molecule has 0 N–H and O–H groups in total. The lowest BCUT2D eigenvalue weighted by Crippen LogP contribution is -2.13. The minimum absolute atomic E-state index is 0.148. The third-order valence-electron chi connectivity index (χ3n) is 4.02. The van der Waals surface area contributed by atoms with Gasteiger partial charge in [-0.1, -0.05) is 32.9 Å². The maximum atomic E-state index is 5.76. The van der Waals surface area contributed by atoms with Crippen molar-refractivity contribution in [2.75, 3.05) is 7.11 Å². The number of hydrogen-bond donors (Lipinski definition) is 0. The fraction of sp³-hybridized carbons (Fsp3) is 0.250. The van der Waals surface area contributed by atoms with Gasteiger partial charge in [-0.15, -0.1) is 0 Å². The highest BCUT2D eigenvalue weighted by Crippen LogP contribution is 2.25. The molecule has 0 fully saturated rings. The van der Waals surface area contributed by atoms with Crippen LogP contribution < -0.4 is 4.74 Å². The molecule has 0 spiro atoms. The average Bonchev–Trinajstić information content (AvgIpc) is 2.61. The Morgan fingerprint density at radius 3 is 2.12 bits per heavy atom. The van der Waals surface area contributed by atoms with Gasteiger partial charge in [0.25, 0.3) is 5.78 Å². The zero-order valence-corrected chi connectivity index (χ0v) is 15.7. The van der Waals surface area contributed by atoms with Gasteiger partial charge in [-0.05, 0) is 47.4 Å². The number of methoxy groups -OCH3 is 1. The molecule has 1 aliphatic rings. The van der Waals surface area contributed by atoms with Gasteiger partial charge in [0.15, 0.2) is 0 Å². The summed E-state index contributed by atoms with van der Waals surface area (Å²) in [6.45, 7) is 6.64. The van der Waals surface area contributed by atoms with E-state index >= 15 is 0 Å². The van der Waals surface area contributed by atoms with Crippen molar-refractivity contribution in [1.82, 2.24) is 0 Å². The fourth-order valence-electron chi connectivity index (χ4n) is 2.51. The molecule has 0 amide bonds. The van der Waals surface area contributed by atoms with Crippen molar-refractivity contribution in [3.63, 3.8) is 0 Å². The SMILES string of the molecule is COc1ccc(C2=CC(c3ccc(C(C)(C)C)cc3)=[O+][SiH-]O2)cc1. The Morgan fingerprint density at radius 2 is 1.54 bits per heavy atom. The molecule has 0 unspecified atom stereocenters. The molecule has 2 aromatic carbocycles. The molecule has 0 atom stereocenters. The molecule has 1 aliphatic heterocycles. The Balaban J connectivity index is 1.86. The van der Waals surface area contributed by atoms with Crippen LogP contribution in [0, 0.1) is 0 Å². The van der Waals surface area contributed by atoms with Crippen molar-refractivity contribution < 1.29 is 13.3 Å². The highest BCUT2D eigenvalue weighted by Gasteiger charge is 2.18. The molecular weight excluding hydrogens is 316 g/mol. The zero-order valence-electron chi connectivity index (χ0n) is 14.5. The van der Waals surface area contributed by atoms with E-state index in [2.05, 4.69) is 45.0 Å². The Morgan fingerprint density at radius 1 is 0.917 bits per heavy atom. The lowest BCUT2D eigenvalue weighted by Gasteiger charge is -2.19. The maximum Gasteiger partial charge on any atom is 0.440 e. The third kappa shape index (κ3) is 3.59. The van der Waals surface area contributed by atoms with Crippen LogP contribution in [0.2, 0.25) is 0 Å². The van der Waals surface area contributed by atoms with E-state index in [4.69, 9.17) is 13.3 Å². The number of ketones is 1. The highest BCUT2D eigenvalue weighted by molar-refractivity contribution is 6.25. The van der Waals surface area contributed by atoms with E-state index in [1.54, 1.807) is 7.11 Å². The second-order valence-electron chi connectivity index (χ2n) is 6.76. The average molecular weight is 338 g/mol. The van der Waals surface area contributed by atoms with Crippen molar-refractivity contribution >= 4 is 21.5 Å². The summed E-state index contributed by atoms with van der Waals surface area (Å²) in [5.41, 5.74) is 3.56. The Bertz CT molecular complexity index is 766. The van der Waals surface area contributed by atoms with E-state index in [1.165, 1.54) is 5.56 Å². The predicted octanol–water partition coefficient (Wildman–Crippen LogP) is 4.05. The first-order valence-corrected chi connectivity index (χ1v) is 8.90. The van der Waals surface area contributed by atoms with Gasteiger partial charge in [-0.25, -0.2) is 0 Å². The molecule has 3 nitrogen and oxygen atoms in total. The largest absolute Gasteiger partial charge is 0.618 e. The number of hydrogen-bond acceptors (Lipinski definition) is 2. The van der Waals surface area contributed by atoms with Crippen molar-refractivity contribution in [2.45, 2.75) is 26.2 Å². The van der Waals surface area contributed by atoms with Crippen LogP contribution in [-0.2, 0) is 9.84 Å². The van der Waals surface area contributed by atoms with Crippen LogP contribution in [0.3, 0.4) is 0 Å². The van der Waals surface area contributed by atoms with Gasteiger partial charge in [0.05, 0.1) is 24.5 Å². The normalized spacial score (nSPS) is 14.2.